The molecule has 3 heterocycles. The number of hydrogen-bond donors (Lipinski definition) is 1. The molecule has 0 atom stereocenters. The van der Waals surface area contributed by atoms with Gasteiger partial charge in [0.05, 0.1) is 5.71 Å². The van der Waals surface area contributed by atoms with Gasteiger partial charge in [-0.15, -0.1) is 0 Å². The van der Waals surface area contributed by atoms with Crippen LogP contribution in [0, 0.1) is 0 Å². The maximum Gasteiger partial charge on any atom is 0.250 e. The van der Waals surface area contributed by atoms with Crippen molar-refractivity contribution in [1.29, 1.82) is 0 Å². The number of piperidine rings is 2. The van der Waals surface area contributed by atoms with Crippen LogP contribution in [0.3, 0.4) is 0 Å². The molecule has 2 aromatic carbocycles. The molecule has 34 heavy (non-hydrogen) atoms. The average molecular weight is 456 g/mol. The summed E-state index contributed by atoms with van der Waals surface area (Å²) in [6, 6.07) is 18.9. The first-order valence-corrected chi connectivity index (χ1v) is 12.5. The highest BCUT2D eigenvalue weighted by molar-refractivity contribution is 5.99. The highest BCUT2D eigenvalue weighted by atomic mass is 15.4. The molecule has 5 rings (SSSR count). The Hall–Kier alpha value is -3.48. The van der Waals surface area contributed by atoms with Gasteiger partial charge in [-0.25, -0.2) is 5.43 Å². The van der Waals surface area contributed by atoms with Gasteiger partial charge in [-0.2, -0.15) is 20.1 Å². The van der Waals surface area contributed by atoms with Crippen molar-refractivity contribution in [3.8, 4) is 11.1 Å². The van der Waals surface area contributed by atoms with Crippen LogP contribution in [0.5, 0.6) is 0 Å². The smallest absolute Gasteiger partial charge is 0.250 e. The van der Waals surface area contributed by atoms with Crippen molar-refractivity contribution in [2.24, 2.45) is 5.10 Å². The first-order valence-electron chi connectivity index (χ1n) is 12.5. The monoisotopic (exact) mass is 455 g/mol. The number of benzene rings is 2. The van der Waals surface area contributed by atoms with Crippen molar-refractivity contribution in [3.63, 3.8) is 0 Å². The van der Waals surface area contributed by atoms with E-state index in [1.165, 1.54) is 49.7 Å². The van der Waals surface area contributed by atoms with Crippen molar-refractivity contribution in [2.45, 2.75) is 45.4 Å². The number of hydrogen-bond acceptors (Lipinski definition) is 7. The molecule has 1 aromatic heterocycles. The molecule has 2 saturated heterocycles. The van der Waals surface area contributed by atoms with Crippen LogP contribution < -0.4 is 15.2 Å². The zero-order chi connectivity index (χ0) is 23.2. The van der Waals surface area contributed by atoms with Crippen LogP contribution in [0.25, 0.3) is 11.1 Å². The van der Waals surface area contributed by atoms with Crippen LogP contribution in [0.15, 0.2) is 59.7 Å². The molecule has 7 heteroatoms. The molecule has 7 nitrogen and oxygen atoms in total. The molecule has 2 aliphatic heterocycles. The lowest BCUT2D eigenvalue weighted by atomic mass is 10.0. The molecule has 0 bridgehead atoms. The largest absolute Gasteiger partial charge is 0.341 e. The van der Waals surface area contributed by atoms with E-state index < -0.39 is 0 Å². The van der Waals surface area contributed by atoms with Crippen LogP contribution in [0.1, 0.15) is 51.0 Å². The number of nitrogens with one attached hydrogen (secondary N) is 1. The minimum Gasteiger partial charge on any atom is -0.341 e. The molecule has 2 fully saturated rings. The summed E-state index contributed by atoms with van der Waals surface area (Å²) in [6.07, 6.45) is 7.29. The minimum atomic E-state index is 0.511. The second-order valence-corrected chi connectivity index (χ2v) is 9.11. The maximum atomic E-state index is 4.85. The molecule has 0 unspecified atom stereocenters. The first-order chi connectivity index (χ1) is 16.8. The Morgan fingerprint density at radius 2 is 1.21 bits per heavy atom. The number of rotatable bonds is 6. The Balaban J connectivity index is 1.35. The number of nitrogens with zero attached hydrogens (tertiary/aromatic N) is 6. The fourth-order valence-corrected chi connectivity index (χ4v) is 4.61. The Morgan fingerprint density at radius 3 is 1.76 bits per heavy atom. The van der Waals surface area contributed by atoms with E-state index in [0.717, 1.165) is 49.4 Å². The van der Waals surface area contributed by atoms with Gasteiger partial charge in [0.25, 0.3) is 0 Å². The van der Waals surface area contributed by atoms with Crippen LogP contribution >= 0.6 is 0 Å². The van der Waals surface area contributed by atoms with E-state index in [9.17, 15) is 0 Å². The summed E-state index contributed by atoms with van der Waals surface area (Å²) in [7, 11) is 0. The second kappa shape index (κ2) is 10.6. The third-order valence-electron chi connectivity index (χ3n) is 6.62. The SMILES string of the molecule is C/C(=N\Nc1nc(N2CCCCC2)nc(N2CCCCC2)n1)c1ccc(-c2ccccc2)cc1. The summed E-state index contributed by atoms with van der Waals surface area (Å²) < 4.78 is 0. The van der Waals surface area contributed by atoms with Crippen LogP contribution in [0.2, 0.25) is 0 Å². The van der Waals surface area contributed by atoms with Crippen molar-refractivity contribution in [1.82, 2.24) is 15.0 Å². The van der Waals surface area contributed by atoms with Gasteiger partial charge in [0.2, 0.25) is 17.8 Å². The normalized spacial score (nSPS) is 17.0. The zero-order valence-corrected chi connectivity index (χ0v) is 20.0. The lowest BCUT2D eigenvalue weighted by Crippen LogP contribution is -2.34. The van der Waals surface area contributed by atoms with E-state index in [1.807, 2.05) is 13.0 Å². The van der Waals surface area contributed by atoms with Gasteiger partial charge >= 0.3 is 0 Å². The summed E-state index contributed by atoms with van der Waals surface area (Å²) >= 11 is 0. The lowest BCUT2D eigenvalue weighted by Gasteiger charge is -2.30. The summed E-state index contributed by atoms with van der Waals surface area (Å²) in [4.78, 5) is 18.9. The van der Waals surface area contributed by atoms with E-state index in [0.29, 0.717) is 5.95 Å². The highest BCUT2D eigenvalue weighted by Gasteiger charge is 2.20. The van der Waals surface area contributed by atoms with E-state index >= 15 is 0 Å². The van der Waals surface area contributed by atoms with Crippen molar-refractivity contribution in [3.05, 3.63) is 60.2 Å². The molecule has 0 amide bonds. The van der Waals surface area contributed by atoms with Gasteiger partial charge in [0, 0.05) is 26.2 Å². The van der Waals surface area contributed by atoms with Gasteiger partial charge in [-0.1, -0.05) is 54.6 Å². The quantitative estimate of drug-likeness (QED) is 0.399. The minimum absolute atomic E-state index is 0.511. The number of aromatic nitrogens is 3. The van der Waals surface area contributed by atoms with Crippen LogP contribution in [0.4, 0.5) is 17.8 Å². The predicted octanol–water partition coefficient (Wildman–Crippen LogP) is 5.36. The Bertz CT molecular complexity index is 1060. The van der Waals surface area contributed by atoms with Gasteiger partial charge in [0.15, 0.2) is 0 Å². The van der Waals surface area contributed by atoms with Crippen LogP contribution in [-0.4, -0.2) is 46.8 Å². The molecular weight excluding hydrogens is 422 g/mol. The summed E-state index contributed by atoms with van der Waals surface area (Å²) in [5.74, 6) is 2.03. The fraction of sp³-hybridized carbons (Fsp3) is 0.407. The molecule has 2 aliphatic rings. The predicted molar refractivity (Wildman–Crippen MR) is 140 cm³/mol. The summed E-state index contributed by atoms with van der Waals surface area (Å²) in [6.45, 7) is 6.00. The first kappa shape index (κ1) is 22.3. The Morgan fingerprint density at radius 1 is 0.676 bits per heavy atom. The molecule has 0 aliphatic carbocycles. The Labute approximate surface area is 202 Å². The molecule has 0 spiro atoms. The van der Waals surface area contributed by atoms with Crippen molar-refractivity contribution < 1.29 is 0 Å². The fourth-order valence-electron chi connectivity index (χ4n) is 4.61. The third-order valence-corrected chi connectivity index (χ3v) is 6.62. The van der Waals surface area contributed by atoms with Crippen LogP contribution in [-0.2, 0) is 0 Å². The molecular formula is C27H33N7. The number of anilines is 3. The third kappa shape index (κ3) is 5.35. The average Bonchev–Trinajstić information content (AvgIpc) is 2.93. The van der Waals surface area contributed by atoms with Crippen molar-refractivity contribution in [2.75, 3.05) is 41.4 Å². The zero-order valence-electron chi connectivity index (χ0n) is 20.0. The standard InChI is InChI=1S/C27H33N7/c1-21(22-13-15-24(16-14-22)23-11-5-2-6-12-23)31-32-25-28-26(33-17-7-3-8-18-33)30-27(29-25)34-19-9-4-10-20-34/h2,5-6,11-16H,3-4,7-10,17-20H2,1H3,(H,28,29,30,32)/b31-21+. The maximum absolute atomic E-state index is 4.85. The Kier molecular flexibility index (Phi) is 6.98. The summed E-state index contributed by atoms with van der Waals surface area (Å²) in [5, 5.41) is 4.62. The lowest BCUT2D eigenvalue weighted by molar-refractivity contribution is 0.556. The van der Waals surface area contributed by atoms with Gasteiger partial charge in [-0.3, -0.25) is 0 Å². The van der Waals surface area contributed by atoms with Crippen molar-refractivity contribution >= 4 is 23.6 Å². The molecule has 0 saturated carbocycles. The molecule has 1 N–H and O–H groups in total. The molecule has 176 valence electrons. The number of hydrazone groups is 1. The van der Waals surface area contributed by atoms with Gasteiger partial charge in [-0.05, 0) is 62.1 Å². The second-order valence-electron chi connectivity index (χ2n) is 9.11. The van der Waals surface area contributed by atoms with E-state index in [2.05, 4.69) is 68.9 Å². The van der Waals surface area contributed by atoms with Gasteiger partial charge in [0.1, 0.15) is 0 Å². The highest BCUT2D eigenvalue weighted by Crippen LogP contribution is 2.23. The van der Waals surface area contributed by atoms with Gasteiger partial charge < -0.3 is 9.80 Å². The molecule has 3 aromatic rings. The molecule has 0 radical (unpaired) electrons. The topological polar surface area (TPSA) is 69.5 Å². The van der Waals surface area contributed by atoms with E-state index in [4.69, 9.17) is 15.0 Å². The summed E-state index contributed by atoms with van der Waals surface area (Å²) in [5.41, 5.74) is 7.48. The van der Waals surface area contributed by atoms with E-state index in [1.54, 1.807) is 0 Å². The van der Waals surface area contributed by atoms with E-state index in [-0.39, 0.29) is 0 Å².